The highest BCUT2D eigenvalue weighted by molar-refractivity contribution is 5.98. The summed E-state index contributed by atoms with van der Waals surface area (Å²) in [4.78, 5) is 21.3. The van der Waals surface area contributed by atoms with Crippen molar-refractivity contribution in [2.75, 3.05) is 31.1 Å². The number of anilines is 1. The van der Waals surface area contributed by atoms with Gasteiger partial charge in [-0.3, -0.25) is 14.5 Å². The summed E-state index contributed by atoms with van der Waals surface area (Å²) in [6.45, 7) is 6.63. The van der Waals surface area contributed by atoms with Crippen molar-refractivity contribution in [3.63, 3.8) is 0 Å². The maximum Gasteiger partial charge on any atom is 0.246 e. The molecule has 2 fully saturated rings. The number of benzene rings is 1. The zero-order chi connectivity index (χ0) is 19.7. The quantitative estimate of drug-likeness (QED) is 0.650. The van der Waals surface area contributed by atoms with Crippen LogP contribution in [0.4, 0.5) is 5.69 Å². The molecule has 7 heteroatoms. The zero-order valence-electron chi connectivity index (χ0n) is 16.8. The highest BCUT2D eigenvalue weighted by Crippen LogP contribution is 2.42. The SMILES string of the molecule is CCN=C(NC1CC1c1ccccc1C)N1CCN(c2cnn(C)c2)C(=O)C1. The molecule has 1 aromatic heterocycles. The Morgan fingerprint density at radius 2 is 2.14 bits per heavy atom. The highest BCUT2D eigenvalue weighted by Gasteiger charge is 2.41. The van der Waals surface area contributed by atoms with Crippen LogP contribution in [0.15, 0.2) is 41.7 Å². The maximum absolute atomic E-state index is 12.7. The minimum Gasteiger partial charge on any atom is -0.353 e. The van der Waals surface area contributed by atoms with E-state index in [2.05, 4.69) is 51.5 Å². The van der Waals surface area contributed by atoms with E-state index in [-0.39, 0.29) is 5.91 Å². The first-order valence-electron chi connectivity index (χ1n) is 9.97. The zero-order valence-corrected chi connectivity index (χ0v) is 16.8. The van der Waals surface area contributed by atoms with Crippen LogP contribution in [0.25, 0.3) is 0 Å². The Balaban J connectivity index is 1.40. The Morgan fingerprint density at radius 1 is 1.32 bits per heavy atom. The van der Waals surface area contributed by atoms with Gasteiger partial charge in [0.25, 0.3) is 0 Å². The molecule has 7 nitrogen and oxygen atoms in total. The molecule has 1 aromatic carbocycles. The van der Waals surface area contributed by atoms with Gasteiger partial charge in [-0.2, -0.15) is 5.10 Å². The summed E-state index contributed by atoms with van der Waals surface area (Å²) in [5, 5.41) is 7.78. The number of aromatic nitrogens is 2. The Labute approximate surface area is 166 Å². The number of amides is 1. The number of hydrogen-bond acceptors (Lipinski definition) is 3. The van der Waals surface area contributed by atoms with Gasteiger partial charge in [-0.15, -0.1) is 0 Å². The summed E-state index contributed by atoms with van der Waals surface area (Å²) >= 11 is 0. The monoisotopic (exact) mass is 380 g/mol. The molecule has 2 heterocycles. The van der Waals surface area contributed by atoms with Crippen LogP contribution in [0, 0.1) is 6.92 Å². The molecule has 1 saturated carbocycles. The fourth-order valence-electron chi connectivity index (χ4n) is 3.93. The van der Waals surface area contributed by atoms with E-state index in [1.807, 2.05) is 20.2 Å². The van der Waals surface area contributed by atoms with Crippen LogP contribution < -0.4 is 10.2 Å². The van der Waals surface area contributed by atoms with E-state index in [1.54, 1.807) is 15.8 Å². The third-order valence-corrected chi connectivity index (χ3v) is 5.52. The van der Waals surface area contributed by atoms with Gasteiger partial charge in [-0.25, -0.2) is 0 Å². The number of carbonyl (C=O) groups is 1. The third kappa shape index (κ3) is 3.74. The van der Waals surface area contributed by atoms with E-state index in [9.17, 15) is 4.79 Å². The molecule has 2 aliphatic rings. The first kappa shape index (κ1) is 18.5. The van der Waals surface area contributed by atoms with Crippen molar-refractivity contribution >= 4 is 17.6 Å². The van der Waals surface area contributed by atoms with Crippen LogP contribution in [0.3, 0.4) is 0 Å². The number of aryl methyl sites for hydroxylation is 2. The molecule has 1 aliphatic carbocycles. The standard InChI is InChI=1S/C21H28N6O/c1-4-22-21(24-19-11-18(19)17-8-6-5-7-15(17)2)26-9-10-27(20(28)14-26)16-12-23-25(3)13-16/h5-8,12-13,18-19H,4,9-11,14H2,1-3H3,(H,22,24). The van der Waals surface area contributed by atoms with Crippen LogP contribution in [-0.2, 0) is 11.8 Å². The predicted molar refractivity (Wildman–Crippen MR) is 111 cm³/mol. The maximum atomic E-state index is 12.7. The second-order valence-corrected chi connectivity index (χ2v) is 7.59. The lowest BCUT2D eigenvalue weighted by Gasteiger charge is -2.35. The smallest absolute Gasteiger partial charge is 0.246 e. The molecule has 0 radical (unpaired) electrons. The lowest BCUT2D eigenvalue weighted by atomic mass is 10.0. The minimum atomic E-state index is 0.0797. The normalized spacial score (nSPS) is 22.5. The van der Waals surface area contributed by atoms with Gasteiger partial charge in [-0.05, 0) is 31.4 Å². The summed E-state index contributed by atoms with van der Waals surface area (Å²) in [6, 6.07) is 8.96. The Morgan fingerprint density at radius 3 is 2.82 bits per heavy atom. The van der Waals surface area contributed by atoms with Crippen molar-refractivity contribution in [2.24, 2.45) is 12.0 Å². The van der Waals surface area contributed by atoms with Crippen molar-refractivity contribution in [3.05, 3.63) is 47.8 Å². The van der Waals surface area contributed by atoms with Crippen LogP contribution in [0.5, 0.6) is 0 Å². The largest absolute Gasteiger partial charge is 0.353 e. The number of nitrogens with zero attached hydrogens (tertiary/aromatic N) is 5. The van der Waals surface area contributed by atoms with E-state index >= 15 is 0 Å². The van der Waals surface area contributed by atoms with Crippen molar-refractivity contribution in [1.82, 2.24) is 20.0 Å². The summed E-state index contributed by atoms with van der Waals surface area (Å²) in [7, 11) is 1.86. The fourth-order valence-corrected chi connectivity index (χ4v) is 3.93. The molecular formula is C21H28N6O. The molecule has 148 valence electrons. The van der Waals surface area contributed by atoms with E-state index < -0.39 is 0 Å². The van der Waals surface area contributed by atoms with Gasteiger partial charge < -0.3 is 15.1 Å². The minimum absolute atomic E-state index is 0.0797. The highest BCUT2D eigenvalue weighted by atomic mass is 16.2. The Bertz CT molecular complexity index is 889. The molecule has 1 amide bonds. The molecule has 0 bridgehead atoms. The van der Waals surface area contributed by atoms with Crippen molar-refractivity contribution in [3.8, 4) is 0 Å². The molecule has 28 heavy (non-hydrogen) atoms. The van der Waals surface area contributed by atoms with Crippen molar-refractivity contribution in [1.29, 1.82) is 0 Å². The van der Waals surface area contributed by atoms with Gasteiger partial charge in [0.15, 0.2) is 5.96 Å². The molecule has 1 N–H and O–H groups in total. The number of rotatable bonds is 4. The first-order valence-corrected chi connectivity index (χ1v) is 9.97. The summed E-state index contributed by atoms with van der Waals surface area (Å²) in [6.07, 6.45) is 4.73. The molecule has 1 aliphatic heterocycles. The number of piperazine rings is 1. The van der Waals surface area contributed by atoms with Crippen molar-refractivity contribution in [2.45, 2.75) is 32.2 Å². The van der Waals surface area contributed by atoms with Crippen LogP contribution >= 0.6 is 0 Å². The van der Waals surface area contributed by atoms with Crippen LogP contribution in [-0.4, -0.2) is 58.8 Å². The number of carbonyl (C=O) groups excluding carboxylic acids is 1. The number of aliphatic imine (C=N–C) groups is 1. The molecule has 4 rings (SSSR count). The summed E-state index contributed by atoms with van der Waals surface area (Å²) in [5.74, 6) is 1.45. The fraction of sp³-hybridized carbons (Fsp3) is 0.476. The van der Waals surface area contributed by atoms with E-state index in [1.165, 1.54) is 11.1 Å². The van der Waals surface area contributed by atoms with Gasteiger partial charge in [-0.1, -0.05) is 24.3 Å². The lowest BCUT2D eigenvalue weighted by molar-refractivity contribution is -0.120. The molecule has 1 saturated heterocycles. The van der Waals surface area contributed by atoms with E-state index in [4.69, 9.17) is 0 Å². The van der Waals surface area contributed by atoms with Gasteiger partial charge >= 0.3 is 0 Å². The van der Waals surface area contributed by atoms with Crippen LogP contribution in [0.1, 0.15) is 30.4 Å². The van der Waals surface area contributed by atoms with Gasteiger partial charge in [0.05, 0.1) is 11.9 Å². The molecular weight excluding hydrogens is 352 g/mol. The summed E-state index contributed by atoms with van der Waals surface area (Å²) < 4.78 is 1.72. The molecule has 2 atom stereocenters. The van der Waals surface area contributed by atoms with Gasteiger partial charge in [0.2, 0.25) is 5.91 Å². The topological polar surface area (TPSA) is 65.8 Å². The van der Waals surface area contributed by atoms with Crippen molar-refractivity contribution < 1.29 is 4.79 Å². The second-order valence-electron chi connectivity index (χ2n) is 7.59. The average Bonchev–Trinajstić information content (AvgIpc) is 3.31. The average molecular weight is 380 g/mol. The Kier molecular flexibility index (Phi) is 5.07. The number of guanidine groups is 1. The van der Waals surface area contributed by atoms with Gasteiger partial charge in [0.1, 0.15) is 6.54 Å². The van der Waals surface area contributed by atoms with E-state index in [0.717, 1.165) is 24.6 Å². The lowest BCUT2D eigenvalue weighted by Crippen LogP contribution is -2.55. The summed E-state index contributed by atoms with van der Waals surface area (Å²) in [5.41, 5.74) is 3.61. The number of hydrogen-bond donors (Lipinski definition) is 1. The predicted octanol–water partition coefficient (Wildman–Crippen LogP) is 1.90. The first-order chi connectivity index (χ1) is 13.6. The molecule has 2 unspecified atom stereocenters. The van der Waals surface area contributed by atoms with E-state index in [0.29, 0.717) is 31.6 Å². The number of nitrogens with one attached hydrogen (secondary N) is 1. The van der Waals surface area contributed by atoms with Gasteiger partial charge in [0, 0.05) is 44.8 Å². The Hall–Kier alpha value is -2.83. The molecule has 2 aromatic rings. The second kappa shape index (κ2) is 7.66. The molecule has 0 spiro atoms. The van der Waals surface area contributed by atoms with Crippen LogP contribution in [0.2, 0.25) is 0 Å². The third-order valence-electron chi connectivity index (χ3n) is 5.52.